The monoisotopic (exact) mass is 355 g/mol. The van der Waals surface area contributed by atoms with Gasteiger partial charge in [0, 0.05) is 10.9 Å². The van der Waals surface area contributed by atoms with E-state index in [-0.39, 0.29) is 0 Å². The lowest BCUT2D eigenvalue weighted by Crippen LogP contribution is -3.15. The third-order valence-electron chi connectivity index (χ3n) is 4.84. The van der Waals surface area contributed by atoms with Crippen LogP contribution in [0.3, 0.4) is 0 Å². The maximum Gasteiger partial charge on any atom is 0.243 e. The van der Waals surface area contributed by atoms with Crippen molar-refractivity contribution >= 4 is 21.6 Å². The van der Waals surface area contributed by atoms with Crippen molar-refractivity contribution in [3.63, 3.8) is 0 Å². The zero-order valence-electron chi connectivity index (χ0n) is 13.2. The second-order valence-electron chi connectivity index (χ2n) is 6.46. The first-order chi connectivity index (χ1) is 11.1. The Labute approximate surface area is 143 Å². The van der Waals surface area contributed by atoms with Gasteiger partial charge in [-0.3, -0.25) is 0 Å². The van der Waals surface area contributed by atoms with Crippen molar-refractivity contribution in [1.29, 1.82) is 0 Å². The third-order valence-corrected chi connectivity index (χ3v) is 7.00. The molecule has 1 atom stereocenters. The second kappa shape index (κ2) is 7.34. The number of halogens is 1. The van der Waals surface area contributed by atoms with Crippen LogP contribution < -0.4 is 4.90 Å². The Hall–Kier alpha value is -0.880. The average Bonchev–Trinajstić information content (AvgIpc) is 2.57. The molecular weight excluding hydrogens is 332 g/mol. The minimum Gasteiger partial charge on any atom is -0.333 e. The highest BCUT2D eigenvalue weighted by Gasteiger charge is 2.31. The molecule has 6 heteroatoms. The van der Waals surface area contributed by atoms with E-state index in [1.54, 1.807) is 28.6 Å². The molecule has 1 aromatic rings. The van der Waals surface area contributed by atoms with Gasteiger partial charge in [0.05, 0.1) is 37.6 Å². The Kier molecular flexibility index (Phi) is 5.42. The largest absolute Gasteiger partial charge is 0.333 e. The van der Waals surface area contributed by atoms with Crippen molar-refractivity contribution < 1.29 is 13.3 Å². The van der Waals surface area contributed by atoms with Crippen LogP contribution in [0.4, 0.5) is 0 Å². The summed E-state index contributed by atoms with van der Waals surface area (Å²) < 4.78 is 26.9. The van der Waals surface area contributed by atoms with Gasteiger partial charge in [0.2, 0.25) is 10.0 Å². The summed E-state index contributed by atoms with van der Waals surface area (Å²) in [5.74, 6) is 0.759. The van der Waals surface area contributed by atoms with Gasteiger partial charge in [-0.15, -0.1) is 0 Å². The molecule has 1 fully saturated rings. The molecule has 126 valence electrons. The number of rotatable bonds is 4. The summed E-state index contributed by atoms with van der Waals surface area (Å²) in [5, 5.41) is 0.555. The van der Waals surface area contributed by atoms with E-state index in [0.717, 1.165) is 19.0 Å². The van der Waals surface area contributed by atoms with Crippen molar-refractivity contribution in [3.05, 3.63) is 41.4 Å². The van der Waals surface area contributed by atoms with E-state index in [1.807, 2.05) is 0 Å². The molecule has 1 saturated heterocycles. The summed E-state index contributed by atoms with van der Waals surface area (Å²) in [7, 11) is -3.39. The average molecular weight is 356 g/mol. The number of allylic oxidation sites excluding steroid dienone is 2. The van der Waals surface area contributed by atoms with Gasteiger partial charge in [-0.1, -0.05) is 23.8 Å². The molecule has 4 nitrogen and oxygen atoms in total. The van der Waals surface area contributed by atoms with Crippen LogP contribution in [0.25, 0.3) is 0 Å². The molecule has 3 rings (SSSR count). The van der Waals surface area contributed by atoms with Gasteiger partial charge in [0.1, 0.15) is 0 Å². The van der Waals surface area contributed by atoms with E-state index in [1.165, 1.54) is 30.7 Å². The van der Waals surface area contributed by atoms with E-state index in [9.17, 15) is 8.42 Å². The quantitative estimate of drug-likeness (QED) is 0.833. The summed E-state index contributed by atoms with van der Waals surface area (Å²) in [6.45, 7) is 4.16. The van der Waals surface area contributed by atoms with Crippen LogP contribution in [0, 0.1) is 5.92 Å². The molecule has 2 aliphatic rings. The van der Waals surface area contributed by atoms with Crippen LogP contribution in [0.1, 0.15) is 19.3 Å². The van der Waals surface area contributed by atoms with Crippen LogP contribution in [-0.4, -0.2) is 45.4 Å². The topological polar surface area (TPSA) is 41.8 Å². The molecule has 0 bridgehead atoms. The molecule has 1 aliphatic heterocycles. The van der Waals surface area contributed by atoms with E-state index < -0.39 is 10.0 Å². The van der Waals surface area contributed by atoms with Gasteiger partial charge >= 0.3 is 0 Å². The van der Waals surface area contributed by atoms with Gasteiger partial charge in [0.25, 0.3) is 0 Å². The fraction of sp³-hybridized carbons (Fsp3) is 0.529. The molecular formula is C17H24ClN2O2S+. The minimum absolute atomic E-state index is 0.336. The van der Waals surface area contributed by atoms with Crippen LogP contribution in [-0.2, 0) is 10.0 Å². The number of hydrogen-bond acceptors (Lipinski definition) is 2. The molecule has 1 N–H and O–H groups in total. The molecule has 23 heavy (non-hydrogen) atoms. The zero-order valence-corrected chi connectivity index (χ0v) is 14.8. The van der Waals surface area contributed by atoms with E-state index in [0.29, 0.717) is 23.0 Å². The first kappa shape index (κ1) is 17.0. The highest BCUT2D eigenvalue weighted by Crippen LogP contribution is 2.19. The van der Waals surface area contributed by atoms with Gasteiger partial charge in [-0.2, -0.15) is 4.31 Å². The van der Waals surface area contributed by atoms with Gasteiger partial charge in [-0.25, -0.2) is 8.42 Å². The number of nitrogens with one attached hydrogen (secondary N) is 1. The van der Waals surface area contributed by atoms with Crippen molar-refractivity contribution in [3.8, 4) is 0 Å². The van der Waals surface area contributed by atoms with Crippen LogP contribution in [0.15, 0.2) is 41.3 Å². The molecule has 1 aliphatic carbocycles. The number of quaternary nitrogens is 1. The smallest absolute Gasteiger partial charge is 0.243 e. The Morgan fingerprint density at radius 3 is 2.43 bits per heavy atom. The van der Waals surface area contributed by atoms with Crippen molar-refractivity contribution in [2.75, 3.05) is 32.7 Å². The summed E-state index contributed by atoms with van der Waals surface area (Å²) in [4.78, 5) is 1.87. The lowest BCUT2D eigenvalue weighted by molar-refractivity contribution is -0.907. The first-order valence-electron chi connectivity index (χ1n) is 8.30. The van der Waals surface area contributed by atoms with E-state index in [4.69, 9.17) is 11.6 Å². The van der Waals surface area contributed by atoms with Crippen molar-refractivity contribution in [1.82, 2.24) is 4.31 Å². The number of nitrogens with zero attached hydrogens (tertiary/aromatic N) is 1. The van der Waals surface area contributed by atoms with Gasteiger partial charge in [0.15, 0.2) is 0 Å². The van der Waals surface area contributed by atoms with Crippen LogP contribution in [0.5, 0.6) is 0 Å². The van der Waals surface area contributed by atoms with Crippen molar-refractivity contribution in [2.45, 2.75) is 24.2 Å². The Morgan fingerprint density at radius 2 is 1.83 bits per heavy atom. The second-order valence-corrected chi connectivity index (χ2v) is 8.84. The molecule has 1 aromatic carbocycles. The molecule has 0 saturated carbocycles. The lowest BCUT2D eigenvalue weighted by atomic mass is 9.94. The summed E-state index contributed by atoms with van der Waals surface area (Å²) in [6, 6.07) is 6.44. The van der Waals surface area contributed by atoms with Crippen molar-refractivity contribution in [2.24, 2.45) is 5.92 Å². The maximum atomic E-state index is 12.7. The van der Waals surface area contributed by atoms with Crippen LogP contribution in [0.2, 0.25) is 5.02 Å². The predicted octanol–water partition coefficient (Wildman–Crippen LogP) is 1.59. The Bertz CT molecular complexity index is 650. The SMILES string of the molecule is O=S(=O)(c1ccc(Cl)cc1)N1CC[NH+](C[C@H]2CC=CCC2)CC1. The Balaban J connectivity index is 1.57. The zero-order chi connectivity index (χ0) is 16.3. The fourth-order valence-corrected chi connectivity index (χ4v) is 5.02. The highest BCUT2D eigenvalue weighted by atomic mass is 35.5. The van der Waals surface area contributed by atoms with Gasteiger partial charge in [-0.05, 0) is 43.5 Å². The molecule has 0 radical (unpaired) electrons. The van der Waals surface area contributed by atoms with E-state index in [2.05, 4.69) is 12.2 Å². The number of benzene rings is 1. The summed E-state index contributed by atoms with van der Waals surface area (Å²) >= 11 is 5.84. The molecule has 0 amide bonds. The van der Waals surface area contributed by atoms with E-state index >= 15 is 0 Å². The molecule has 0 aromatic heterocycles. The number of hydrogen-bond donors (Lipinski definition) is 1. The fourth-order valence-electron chi connectivity index (χ4n) is 3.45. The third kappa shape index (κ3) is 4.15. The predicted molar refractivity (Wildman–Crippen MR) is 92.3 cm³/mol. The minimum atomic E-state index is -3.39. The highest BCUT2D eigenvalue weighted by molar-refractivity contribution is 7.89. The first-order valence-corrected chi connectivity index (χ1v) is 10.1. The normalized spacial score (nSPS) is 24.0. The molecule has 1 heterocycles. The number of sulfonamides is 1. The summed E-state index contributed by atoms with van der Waals surface area (Å²) in [5.41, 5.74) is 0. The van der Waals surface area contributed by atoms with Crippen LogP contribution >= 0.6 is 11.6 Å². The standard InChI is InChI=1S/C17H23ClN2O2S/c18-16-6-8-17(9-7-16)23(21,22)20-12-10-19(11-13-20)14-15-4-2-1-3-5-15/h1-2,6-9,15H,3-5,10-14H2/p+1/t15-/m0/s1. The molecule has 0 unspecified atom stereocenters. The summed E-state index contributed by atoms with van der Waals surface area (Å²) in [6.07, 6.45) is 8.19. The lowest BCUT2D eigenvalue weighted by Gasteiger charge is -2.33. The molecule has 0 spiro atoms. The maximum absolute atomic E-state index is 12.7. The number of piperazine rings is 1. The Morgan fingerprint density at radius 1 is 1.13 bits per heavy atom. The van der Waals surface area contributed by atoms with Gasteiger partial charge < -0.3 is 4.90 Å².